The SMILES string of the molecule is CCCCc1ccc(-c2ccc(-c3cnc(-c4ccc(CC(NC(=O)c5ccc(C(C)(C)C)s5)C(=O)N5CC(C(=O)O)C5)cc4)nc3)c(F)c2)cc1. The predicted molar refractivity (Wildman–Crippen MR) is 203 cm³/mol. The van der Waals surface area contributed by atoms with Gasteiger partial charge in [0.1, 0.15) is 11.9 Å². The summed E-state index contributed by atoms with van der Waals surface area (Å²) in [6.45, 7) is 8.62. The van der Waals surface area contributed by atoms with Crippen molar-refractivity contribution in [1.82, 2.24) is 20.2 Å². The summed E-state index contributed by atoms with van der Waals surface area (Å²) in [5.41, 5.74) is 5.44. The topological polar surface area (TPSA) is 112 Å². The molecule has 268 valence electrons. The molecule has 1 fully saturated rings. The van der Waals surface area contributed by atoms with Crippen molar-refractivity contribution in [3.05, 3.63) is 118 Å². The first-order valence-electron chi connectivity index (χ1n) is 17.6. The van der Waals surface area contributed by atoms with Crippen molar-refractivity contribution >= 4 is 29.1 Å². The summed E-state index contributed by atoms with van der Waals surface area (Å²) in [6.07, 6.45) is 6.76. The summed E-state index contributed by atoms with van der Waals surface area (Å²) in [4.78, 5) is 50.2. The van der Waals surface area contributed by atoms with Gasteiger partial charge >= 0.3 is 5.97 Å². The lowest BCUT2D eigenvalue weighted by Crippen LogP contribution is -2.59. The fourth-order valence-corrected chi connectivity index (χ4v) is 7.11. The number of benzene rings is 3. The quantitative estimate of drug-likeness (QED) is 0.135. The lowest BCUT2D eigenvalue weighted by molar-refractivity contribution is -0.153. The third kappa shape index (κ3) is 8.45. The average molecular weight is 719 g/mol. The summed E-state index contributed by atoms with van der Waals surface area (Å²) in [7, 11) is 0. The minimum atomic E-state index is -0.939. The number of rotatable bonds is 12. The molecular weight excluding hydrogens is 676 g/mol. The second-order valence-corrected chi connectivity index (χ2v) is 15.5. The van der Waals surface area contributed by atoms with Gasteiger partial charge in [0.2, 0.25) is 5.91 Å². The number of aromatic nitrogens is 2. The van der Waals surface area contributed by atoms with Crippen LogP contribution in [0.2, 0.25) is 0 Å². The van der Waals surface area contributed by atoms with Gasteiger partial charge in [-0.25, -0.2) is 14.4 Å². The smallest absolute Gasteiger partial charge is 0.310 e. The largest absolute Gasteiger partial charge is 0.481 e. The van der Waals surface area contributed by atoms with Crippen LogP contribution in [0.5, 0.6) is 0 Å². The van der Waals surface area contributed by atoms with E-state index in [4.69, 9.17) is 0 Å². The fourth-order valence-electron chi connectivity index (χ4n) is 6.14. The summed E-state index contributed by atoms with van der Waals surface area (Å²) >= 11 is 1.39. The third-order valence-corrected chi connectivity index (χ3v) is 10.9. The molecule has 1 saturated heterocycles. The summed E-state index contributed by atoms with van der Waals surface area (Å²) in [5.74, 6) is -2.10. The standard InChI is InChI=1S/C42H43FN4O4S/c1-5-6-7-26-8-12-28(13-9-26)30-16-17-33(34(43)21-30)31-22-44-38(45-23-31)29-14-10-27(11-15-29)20-35(40(49)47-24-32(25-47)41(50)51)46-39(48)36-18-19-37(52-36)42(2,3)4/h8-19,21-23,32,35H,5-7,20,24-25H2,1-4H3,(H,46,48)(H,50,51). The Kier molecular flexibility index (Phi) is 11.0. The molecular formula is C42H43FN4O4S. The molecule has 2 aromatic heterocycles. The highest BCUT2D eigenvalue weighted by Gasteiger charge is 2.39. The lowest BCUT2D eigenvalue weighted by atomic mass is 9.95. The van der Waals surface area contributed by atoms with Crippen molar-refractivity contribution in [3.63, 3.8) is 0 Å². The second kappa shape index (κ2) is 15.6. The number of unbranched alkanes of at least 4 members (excludes halogenated alkanes) is 1. The van der Waals surface area contributed by atoms with Crippen LogP contribution in [0.1, 0.15) is 66.2 Å². The first-order chi connectivity index (χ1) is 24.9. The number of carboxylic acids is 1. The number of aryl methyl sites for hydroxylation is 1. The molecule has 0 radical (unpaired) electrons. The van der Waals surface area contributed by atoms with Crippen LogP contribution in [-0.4, -0.2) is 56.9 Å². The Morgan fingerprint density at radius 2 is 1.52 bits per heavy atom. The Bertz CT molecular complexity index is 2050. The zero-order valence-electron chi connectivity index (χ0n) is 29.9. The maximum atomic E-state index is 15.3. The Labute approximate surface area is 307 Å². The van der Waals surface area contributed by atoms with Crippen molar-refractivity contribution in [3.8, 4) is 33.6 Å². The number of carboxylic acid groups (broad SMARTS) is 1. The lowest BCUT2D eigenvalue weighted by Gasteiger charge is -2.38. The van der Waals surface area contributed by atoms with E-state index in [0.29, 0.717) is 21.8 Å². The average Bonchev–Trinajstić information content (AvgIpc) is 3.62. The fraction of sp³-hybridized carbons (Fsp3) is 0.310. The molecule has 6 rings (SSSR count). The van der Waals surface area contributed by atoms with Gasteiger partial charge < -0.3 is 15.3 Å². The minimum absolute atomic E-state index is 0.112. The predicted octanol–water partition coefficient (Wildman–Crippen LogP) is 8.20. The molecule has 3 heterocycles. The van der Waals surface area contributed by atoms with Crippen LogP contribution in [0.3, 0.4) is 0 Å². The van der Waals surface area contributed by atoms with Crippen LogP contribution in [0.25, 0.3) is 33.6 Å². The molecule has 1 unspecified atom stereocenters. The molecule has 0 spiro atoms. The first kappa shape index (κ1) is 36.6. The Morgan fingerprint density at radius 3 is 2.12 bits per heavy atom. The van der Waals surface area contributed by atoms with Crippen LogP contribution in [0, 0.1) is 11.7 Å². The van der Waals surface area contributed by atoms with Crippen LogP contribution < -0.4 is 5.32 Å². The van der Waals surface area contributed by atoms with E-state index in [9.17, 15) is 19.5 Å². The van der Waals surface area contributed by atoms with Crippen LogP contribution in [-0.2, 0) is 27.8 Å². The zero-order valence-corrected chi connectivity index (χ0v) is 30.7. The number of aliphatic carboxylic acids is 1. The third-order valence-electron chi connectivity index (χ3n) is 9.41. The van der Waals surface area contributed by atoms with Crippen LogP contribution >= 0.6 is 11.3 Å². The first-order valence-corrected chi connectivity index (χ1v) is 18.4. The van der Waals surface area contributed by atoms with Gasteiger partial charge in [0.05, 0.1) is 10.8 Å². The van der Waals surface area contributed by atoms with Gasteiger partial charge in [-0.3, -0.25) is 14.4 Å². The number of thiophene rings is 1. The van der Waals surface area contributed by atoms with Crippen molar-refractivity contribution in [2.24, 2.45) is 5.92 Å². The van der Waals surface area contributed by atoms with Gasteiger partial charge in [-0.05, 0) is 58.7 Å². The van der Waals surface area contributed by atoms with Gasteiger partial charge in [0.15, 0.2) is 5.82 Å². The number of hydrogen-bond acceptors (Lipinski definition) is 6. The van der Waals surface area contributed by atoms with Crippen LogP contribution in [0.4, 0.5) is 4.39 Å². The molecule has 2 N–H and O–H groups in total. The van der Waals surface area contributed by atoms with E-state index >= 15 is 4.39 Å². The highest BCUT2D eigenvalue weighted by Crippen LogP contribution is 2.31. The molecule has 1 atom stereocenters. The Morgan fingerprint density at radius 1 is 0.885 bits per heavy atom. The van der Waals surface area contributed by atoms with Crippen molar-refractivity contribution < 1.29 is 23.9 Å². The van der Waals surface area contributed by atoms with Crippen LogP contribution in [0.15, 0.2) is 91.3 Å². The maximum Gasteiger partial charge on any atom is 0.310 e. The zero-order chi connectivity index (χ0) is 37.0. The minimum Gasteiger partial charge on any atom is -0.481 e. The van der Waals surface area contributed by atoms with Crippen molar-refractivity contribution in [2.45, 2.75) is 64.8 Å². The molecule has 52 heavy (non-hydrogen) atoms. The number of likely N-dealkylation sites (tertiary alicyclic amines) is 1. The molecule has 1 aliphatic heterocycles. The second-order valence-electron chi connectivity index (χ2n) is 14.4. The monoisotopic (exact) mass is 718 g/mol. The normalized spacial score (nSPS) is 13.8. The molecule has 0 bridgehead atoms. The molecule has 2 amide bonds. The molecule has 1 aliphatic rings. The number of nitrogens with one attached hydrogen (secondary N) is 1. The molecule has 0 aliphatic carbocycles. The summed E-state index contributed by atoms with van der Waals surface area (Å²) in [6, 6.07) is 23.7. The summed E-state index contributed by atoms with van der Waals surface area (Å²) < 4.78 is 15.3. The molecule has 10 heteroatoms. The van der Waals surface area contributed by atoms with Gasteiger partial charge in [0.25, 0.3) is 5.91 Å². The maximum absolute atomic E-state index is 15.3. The van der Waals surface area contributed by atoms with E-state index in [0.717, 1.165) is 46.4 Å². The van der Waals surface area contributed by atoms with E-state index in [2.05, 4.69) is 55.1 Å². The van der Waals surface area contributed by atoms with E-state index in [1.54, 1.807) is 30.6 Å². The molecule has 3 aromatic carbocycles. The highest BCUT2D eigenvalue weighted by atomic mass is 32.1. The van der Waals surface area contributed by atoms with E-state index in [-0.39, 0.29) is 42.6 Å². The van der Waals surface area contributed by atoms with Crippen molar-refractivity contribution in [2.75, 3.05) is 13.1 Å². The Balaban J connectivity index is 1.13. The van der Waals surface area contributed by atoms with Gasteiger partial charge in [-0.1, -0.05) is 94.8 Å². The van der Waals surface area contributed by atoms with E-state index in [1.807, 2.05) is 48.5 Å². The number of nitrogens with zero attached hydrogens (tertiary/aromatic N) is 3. The highest BCUT2D eigenvalue weighted by molar-refractivity contribution is 7.14. The number of hydrogen-bond donors (Lipinski definition) is 2. The van der Waals surface area contributed by atoms with Crippen molar-refractivity contribution in [1.29, 1.82) is 0 Å². The van der Waals surface area contributed by atoms with E-state index < -0.39 is 17.9 Å². The summed E-state index contributed by atoms with van der Waals surface area (Å²) in [5, 5.41) is 12.2. The number of halogens is 1. The number of amides is 2. The molecule has 8 nitrogen and oxygen atoms in total. The number of carbonyl (C=O) groups is 3. The molecule has 5 aromatic rings. The van der Waals surface area contributed by atoms with Gasteiger partial charge in [-0.15, -0.1) is 11.3 Å². The van der Waals surface area contributed by atoms with E-state index in [1.165, 1.54) is 21.8 Å². The van der Waals surface area contributed by atoms with Gasteiger partial charge in [-0.2, -0.15) is 0 Å². The Hall–Kier alpha value is -5.22. The molecule has 0 saturated carbocycles. The number of carbonyl (C=O) groups excluding carboxylic acids is 2. The van der Waals surface area contributed by atoms with Gasteiger partial charge in [0, 0.05) is 53.5 Å².